The van der Waals surface area contributed by atoms with Gasteiger partial charge in [0.05, 0.1) is 40.3 Å². The van der Waals surface area contributed by atoms with Crippen LogP contribution in [0.4, 0.5) is 0 Å². The summed E-state index contributed by atoms with van der Waals surface area (Å²) in [4.78, 5) is 16.8. The number of nitrogens with one attached hydrogen (secondary N) is 1. The summed E-state index contributed by atoms with van der Waals surface area (Å²) in [5.74, 6) is 2.37. The van der Waals surface area contributed by atoms with E-state index < -0.39 is 0 Å². The van der Waals surface area contributed by atoms with Crippen molar-refractivity contribution in [3.63, 3.8) is 0 Å². The Bertz CT molecular complexity index is 904. The minimum absolute atomic E-state index is 0.0936. The number of amides is 1. The molecule has 2 aliphatic heterocycles. The normalized spacial score (nSPS) is 20.7. The highest BCUT2D eigenvalue weighted by Crippen LogP contribution is 2.38. The fraction of sp³-hybridized carbons (Fsp3) is 0.480. The second-order valence-electron chi connectivity index (χ2n) is 8.53. The van der Waals surface area contributed by atoms with E-state index >= 15 is 0 Å². The van der Waals surface area contributed by atoms with Crippen LogP contribution in [0.3, 0.4) is 0 Å². The van der Waals surface area contributed by atoms with Crippen LogP contribution in [0.25, 0.3) is 0 Å². The van der Waals surface area contributed by atoms with Crippen molar-refractivity contribution in [2.75, 3.05) is 41.0 Å². The molecule has 0 radical (unpaired) electrons. The van der Waals surface area contributed by atoms with Gasteiger partial charge in [0.25, 0.3) is 0 Å². The lowest BCUT2D eigenvalue weighted by Crippen LogP contribution is -3.12. The molecule has 2 unspecified atom stereocenters. The van der Waals surface area contributed by atoms with Crippen molar-refractivity contribution in [1.29, 1.82) is 0 Å². The Morgan fingerprint density at radius 2 is 1.77 bits per heavy atom. The molecule has 2 heterocycles. The molecule has 2 atom stereocenters. The van der Waals surface area contributed by atoms with E-state index in [1.807, 2.05) is 12.1 Å². The van der Waals surface area contributed by atoms with Crippen LogP contribution in [0.2, 0.25) is 0 Å². The Kier molecular flexibility index (Phi) is 6.66. The predicted octanol–water partition coefficient (Wildman–Crippen LogP) is 2.09. The van der Waals surface area contributed by atoms with Gasteiger partial charge in [-0.2, -0.15) is 0 Å². The molecule has 1 fully saturated rings. The molecule has 0 aromatic heterocycles. The molecule has 2 aromatic carbocycles. The SMILES string of the molecule is COc1cc(C[NH+]2CCCC(C(=O)N3CCc4ccccc4C3)C2)cc(OC)c1OC. The smallest absolute Gasteiger partial charge is 0.231 e. The molecule has 0 bridgehead atoms. The zero-order chi connectivity index (χ0) is 21.8. The van der Waals surface area contributed by atoms with Crippen LogP contribution in [0, 0.1) is 5.92 Å². The number of hydrogen-bond acceptors (Lipinski definition) is 4. The van der Waals surface area contributed by atoms with Gasteiger partial charge in [0, 0.05) is 18.7 Å². The van der Waals surface area contributed by atoms with Crippen LogP contribution in [0.15, 0.2) is 36.4 Å². The lowest BCUT2D eigenvalue weighted by Gasteiger charge is -2.35. The van der Waals surface area contributed by atoms with Gasteiger partial charge in [-0.15, -0.1) is 0 Å². The van der Waals surface area contributed by atoms with E-state index in [4.69, 9.17) is 14.2 Å². The molecule has 31 heavy (non-hydrogen) atoms. The number of fused-ring (bicyclic) bond motifs is 1. The number of rotatable bonds is 6. The maximum absolute atomic E-state index is 13.3. The number of nitrogens with zero attached hydrogens (tertiary/aromatic N) is 1. The molecule has 0 saturated carbocycles. The number of benzene rings is 2. The molecule has 1 amide bonds. The zero-order valence-corrected chi connectivity index (χ0v) is 18.8. The van der Waals surface area contributed by atoms with E-state index in [1.54, 1.807) is 21.3 Å². The lowest BCUT2D eigenvalue weighted by molar-refractivity contribution is -0.921. The predicted molar refractivity (Wildman–Crippen MR) is 119 cm³/mol. The van der Waals surface area contributed by atoms with E-state index in [0.29, 0.717) is 23.2 Å². The number of carbonyl (C=O) groups excluding carboxylic acids is 1. The minimum Gasteiger partial charge on any atom is -0.493 e. The third kappa shape index (κ3) is 4.64. The van der Waals surface area contributed by atoms with Crippen molar-refractivity contribution in [3.05, 3.63) is 53.1 Å². The molecule has 6 nitrogen and oxygen atoms in total. The van der Waals surface area contributed by atoms with Crippen molar-refractivity contribution in [3.8, 4) is 17.2 Å². The van der Waals surface area contributed by atoms with E-state index in [0.717, 1.165) is 57.5 Å². The standard InChI is InChI=1S/C25H32N2O4/c1-29-22-13-18(14-23(30-2)24(22)31-3)15-26-11-6-9-21(16-26)25(28)27-12-10-19-7-4-5-8-20(19)17-27/h4-5,7-8,13-14,21H,6,9-12,15-17H2,1-3H3/p+1. The number of methoxy groups -OCH3 is 3. The number of quaternary nitrogens is 1. The summed E-state index contributed by atoms with van der Waals surface area (Å²) in [6.45, 7) is 4.35. The Hall–Kier alpha value is -2.73. The first-order valence-corrected chi connectivity index (χ1v) is 11.1. The van der Waals surface area contributed by atoms with Gasteiger partial charge in [-0.05, 0) is 42.5 Å². The van der Waals surface area contributed by atoms with Crippen LogP contribution in [-0.4, -0.2) is 51.8 Å². The third-order valence-electron chi connectivity index (χ3n) is 6.59. The highest BCUT2D eigenvalue weighted by atomic mass is 16.5. The van der Waals surface area contributed by atoms with Gasteiger partial charge < -0.3 is 24.0 Å². The van der Waals surface area contributed by atoms with Gasteiger partial charge in [0.1, 0.15) is 6.54 Å². The Labute approximate surface area is 184 Å². The number of ether oxygens (including phenoxy) is 3. The summed E-state index contributed by atoms with van der Waals surface area (Å²) in [5.41, 5.74) is 3.80. The summed E-state index contributed by atoms with van der Waals surface area (Å²) in [6.07, 6.45) is 3.01. The quantitative estimate of drug-likeness (QED) is 0.770. The van der Waals surface area contributed by atoms with Crippen molar-refractivity contribution in [2.45, 2.75) is 32.4 Å². The van der Waals surface area contributed by atoms with Crippen LogP contribution < -0.4 is 19.1 Å². The second kappa shape index (κ2) is 9.60. The van der Waals surface area contributed by atoms with E-state index in [2.05, 4.69) is 29.2 Å². The largest absolute Gasteiger partial charge is 0.493 e. The average molecular weight is 426 g/mol. The summed E-state index contributed by atoms with van der Waals surface area (Å²) in [7, 11) is 4.89. The molecule has 0 aliphatic carbocycles. The number of carbonyl (C=O) groups is 1. The molecular weight excluding hydrogens is 392 g/mol. The van der Waals surface area contributed by atoms with E-state index in [9.17, 15) is 4.79 Å². The monoisotopic (exact) mass is 425 g/mol. The van der Waals surface area contributed by atoms with Crippen LogP contribution in [0.5, 0.6) is 17.2 Å². The molecule has 6 heteroatoms. The maximum atomic E-state index is 13.3. The van der Waals surface area contributed by atoms with Crippen molar-refractivity contribution in [1.82, 2.24) is 4.90 Å². The summed E-state index contributed by atoms with van der Waals surface area (Å²) < 4.78 is 16.4. The Morgan fingerprint density at radius 3 is 2.45 bits per heavy atom. The Morgan fingerprint density at radius 1 is 1.06 bits per heavy atom. The molecule has 0 spiro atoms. The van der Waals surface area contributed by atoms with E-state index in [1.165, 1.54) is 16.0 Å². The highest BCUT2D eigenvalue weighted by molar-refractivity contribution is 5.79. The molecule has 2 aromatic rings. The Balaban J connectivity index is 1.43. The fourth-order valence-corrected chi connectivity index (χ4v) is 4.99. The van der Waals surface area contributed by atoms with Crippen LogP contribution in [-0.2, 0) is 24.3 Å². The maximum Gasteiger partial charge on any atom is 0.231 e. The highest BCUT2D eigenvalue weighted by Gasteiger charge is 2.33. The number of piperidine rings is 1. The van der Waals surface area contributed by atoms with Crippen molar-refractivity contribution >= 4 is 5.91 Å². The molecule has 1 N–H and O–H groups in total. The molecule has 4 rings (SSSR count). The van der Waals surface area contributed by atoms with Gasteiger partial charge in [0.15, 0.2) is 11.5 Å². The fourth-order valence-electron chi connectivity index (χ4n) is 4.99. The molecule has 166 valence electrons. The van der Waals surface area contributed by atoms with E-state index in [-0.39, 0.29) is 5.92 Å². The molecule has 2 aliphatic rings. The minimum atomic E-state index is 0.0936. The third-order valence-corrected chi connectivity index (χ3v) is 6.59. The average Bonchev–Trinajstić information content (AvgIpc) is 2.82. The molecule has 1 saturated heterocycles. The number of hydrogen-bond donors (Lipinski definition) is 1. The molecular formula is C25H33N2O4+. The first-order chi connectivity index (χ1) is 15.1. The first kappa shape index (κ1) is 21.5. The first-order valence-electron chi connectivity index (χ1n) is 11.1. The van der Waals surface area contributed by atoms with Gasteiger partial charge in [0.2, 0.25) is 11.7 Å². The second-order valence-corrected chi connectivity index (χ2v) is 8.53. The topological polar surface area (TPSA) is 52.4 Å². The summed E-state index contributed by atoms with van der Waals surface area (Å²) in [5, 5.41) is 0. The van der Waals surface area contributed by atoms with Gasteiger partial charge in [-0.3, -0.25) is 4.79 Å². The number of likely N-dealkylation sites (tertiary alicyclic amines) is 1. The lowest BCUT2D eigenvalue weighted by atomic mass is 9.93. The van der Waals surface area contributed by atoms with Gasteiger partial charge >= 0.3 is 0 Å². The summed E-state index contributed by atoms with van der Waals surface area (Å²) >= 11 is 0. The zero-order valence-electron chi connectivity index (χ0n) is 18.8. The summed E-state index contributed by atoms with van der Waals surface area (Å²) in [6, 6.07) is 12.5. The van der Waals surface area contributed by atoms with Crippen LogP contribution in [0.1, 0.15) is 29.5 Å². The van der Waals surface area contributed by atoms with Gasteiger partial charge in [-0.1, -0.05) is 24.3 Å². The van der Waals surface area contributed by atoms with Crippen LogP contribution >= 0.6 is 0 Å². The van der Waals surface area contributed by atoms with Crippen molar-refractivity contribution in [2.24, 2.45) is 5.92 Å². The van der Waals surface area contributed by atoms with Crippen molar-refractivity contribution < 1.29 is 23.9 Å². The van der Waals surface area contributed by atoms with Gasteiger partial charge in [-0.25, -0.2) is 0 Å².